The lowest BCUT2D eigenvalue weighted by Crippen LogP contribution is -2.42. The zero-order valence-corrected chi connectivity index (χ0v) is 13.0. The van der Waals surface area contributed by atoms with Gasteiger partial charge in [0.05, 0.1) is 5.56 Å². The third-order valence-electron chi connectivity index (χ3n) is 3.53. The van der Waals surface area contributed by atoms with Crippen LogP contribution in [0.25, 0.3) is 0 Å². The lowest BCUT2D eigenvalue weighted by Gasteiger charge is -2.28. The van der Waals surface area contributed by atoms with Crippen molar-refractivity contribution in [2.24, 2.45) is 0 Å². The molecule has 1 heterocycles. The molecule has 5 heteroatoms. The number of likely N-dealkylation sites (N-methyl/N-ethyl adjacent to an activating group) is 1. The van der Waals surface area contributed by atoms with Gasteiger partial charge in [0, 0.05) is 29.3 Å². The van der Waals surface area contributed by atoms with Crippen LogP contribution in [0, 0.1) is 0 Å². The van der Waals surface area contributed by atoms with Gasteiger partial charge in [0.25, 0.3) is 5.91 Å². The molecular formula is C14H20BrN3O. The smallest absolute Gasteiger partial charge is 0.255 e. The zero-order chi connectivity index (χ0) is 14.0. The van der Waals surface area contributed by atoms with E-state index in [2.05, 4.69) is 34.8 Å². The molecule has 1 saturated heterocycles. The van der Waals surface area contributed by atoms with E-state index in [9.17, 15) is 4.79 Å². The number of nitrogen functional groups attached to an aromatic ring is 1. The second-order valence-electron chi connectivity index (χ2n) is 5.20. The number of benzene rings is 1. The van der Waals surface area contributed by atoms with Gasteiger partial charge in [-0.25, -0.2) is 0 Å². The van der Waals surface area contributed by atoms with E-state index >= 15 is 0 Å². The SMILES string of the molecule is CC1CN(C)CCCN1C(=O)c1cc(N)ccc1Br. The molecule has 1 aromatic carbocycles. The van der Waals surface area contributed by atoms with Gasteiger partial charge in [0.2, 0.25) is 0 Å². The topological polar surface area (TPSA) is 49.6 Å². The second kappa shape index (κ2) is 5.92. The maximum Gasteiger partial charge on any atom is 0.255 e. The maximum atomic E-state index is 12.7. The van der Waals surface area contributed by atoms with Crippen LogP contribution in [0.15, 0.2) is 22.7 Å². The van der Waals surface area contributed by atoms with Crippen molar-refractivity contribution in [3.63, 3.8) is 0 Å². The Bertz CT molecular complexity index is 478. The number of hydrogen-bond donors (Lipinski definition) is 1. The van der Waals surface area contributed by atoms with Crippen molar-refractivity contribution in [1.29, 1.82) is 0 Å². The molecule has 1 aliphatic rings. The van der Waals surface area contributed by atoms with Crippen LogP contribution >= 0.6 is 15.9 Å². The average molecular weight is 326 g/mol. The molecule has 1 unspecified atom stereocenters. The van der Waals surface area contributed by atoms with E-state index in [0.29, 0.717) is 11.3 Å². The lowest BCUT2D eigenvalue weighted by atomic mass is 10.1. The second-order valence-corrected chi connectivity index (χ2v) is 6.06. The molecule has 1 atom stereocenters. The molecule has 0 bridgehead atoms. The lowest BCUT2D eigenvalue weighted by molar-refractivity contribution is 0.0695. The molecule has 0 radical (unpaired) electrons. The Kier molecular flexibility index (Phi) is 4.47. The maximum absolute atomic E-state index is 12.7. The van der Waals surface area contributed by atoms with Crippen molar-refractivity contribution >= 4 is 27.5 Å². The minimum atomic E-state index is 0.0574. The summed E-state index contributed by atoms with van der Waals surface area (Å²) in [6, 6.07) is 5.58. The fourth-order valence-corrected chi connectivity index (χ4v) is 2.95. The number of halogens is 1. The fraction of sp³-hybridized carbons (Fsp3) is 0.500. The summed E-state index contributed by atoms with van der Waals surface area (Å²) >= 11 is 3.44. The van der Waals surface area contributed by atoms with Gasteiger partial charge in [0.1, 0.15) is 0 Å². The van der Waals surface area contributed by atoms with Crippen LogP contribution < -0.4 is 5.73 Å². The third kappa shape index (κ3) is 3.28. The number of carbonyl (C=O) groups excluding carboxylic acids is 1. The van der Waals surface area contributed by atoms with Crippen LogP contribution in [0.2, 0.25) is 0 Å². The molecule has 0 aliphatic carbocycles. The summed E-state index contributed by atoms with van der Waals surface area (Å²) in [6.45, 7) is 4.84. The molecule has 2 rings (SSSR count). The van der Waals surface area contributed by atoms with Gasteiger partial charge in [-0.3, -0.25) is 4.79 Å². The highest BCUT2D eigenvalue weighted by atomic mass is 79.9. The van der Waals surface area contributed by atoms with Gasteiger partial charge < -0.3 is 15.5 Å². The summed E-state index contributed by atoms with van der Waals surface area (Å²) in [5, 5.41) is 0. The number of anilines is 1. The molecule has 1 amide bonds. The summed E-state index contributed by atoms with van der Waals surface area (Å²) < 4.78 is 0.802. The van der Waals surface area contributed by atoms with Crippen LogP contribution in [0.3, 0.4) is 0 Å². The summed E-state index contributed by atoms with van der Waals surface area (Å²) in [6.07, 6.45) is 1.01. The van der Waals surface area contributed by atoms with Gasteiger partial charge in [0.15, 0.2) is 0 Å². The van der Waals surface area contributed by atoms with Crippen LogP contribution in [0.4, 0.5) is 5.69 Å². The quantitative estimate of drug-likeness (QED) is 0.805. The molecular weight excluding hydrogens is 306 g/mol. The number of nitrogens with two attached hydrogens (primary N) is 1. The number of nitrogens with zero attached hydrogens (tertiary/aromatic N) is 2. The fourth-order valence-electron chi connectivity index (χ4n) is 2.54. The number of rotatable bonds is 1. The zero-order valence-electron chi connectivity index (χ0n) is 11.4. The first kappa shape index (κ1) is 14.3. The Morgan fingerprint density at radius 3 is 2.89 bits per heavy atom. The van der Waals surface area contributed by atoms with E-state index in [-0.39, 0.29) is 11.9 Å². The first-order chi connectivity index (χ1) is 8.99. The molecule has 1 aliphatic heterocycles. The molecule has 0 aromatic heterocycles. The predicted molar refractivity (Wildman–Crippen MR) is 81.2 cm³/mol. The van der Waals surface area contributed by atoms with E-state index in [1.165, 1.54) is 0 Å². The minimum absolute atomic E-state index is 0.0574. The summed E-state index contributed by atoms with van der Waals surface area (Å²) in [4.78, 5) is 16.9. The molecule has 19 heavy (non-hydrogen) atoms. The summed E-state index contributed by atoms with van der Waals surface area (Å²) in [5.74, 6) is 0.0574. The molecule has 2 N–H and O–H groups in total. The first-order valence-corrected chi connectivity index (χ1v) is 7.33. The molecule has 4 nitrogen and oxygen atoms in total. The van der Waals surface area contributed by atoms with Gasteiger partial charge in [-0.15, -0.1) is 0 Å². The van der Waals surface area contributed by atoms with Crippen molar-refractivity contribution in [2.45, 2.75) is 19.4 Å². The van der Waals surface area contributed by atoms with Gasteiger partial charge in [-0.1, -0.05) is 0 Å². The number of carbonyl (C=O) groups is 1. The Hall–Kier alpha value is -1.07. The molecule has 0 spiro atoms. The van der Waals surface area contributed by atoms with Crippen LogP contribution in [-0.4, -0.2) is 48.4 Å². The summed E-state index contributed by atoms with van der Waals surface area (Å²) in [5.41, 5.74) is 7.05. The Morgan fingerprint density at radius 2 is 2.16 bits per heavy atom. The van der Waals surface area contributed by atoms with Gasteiger partial charge >= 0.3 is 0 Å². The highest BCUT2D eigenvalue weighted by Gasteiger charge is 2.26. The molecule has 1 aromatic rings. The summed E-state index contributed by atoms with van der Waals surface area (Å²) in [7, 11) is 2.10. The normalized spacial score (nSPS) is 21.2. The van der Waals surface area contributed by atoms with Crippen molar-refractivity contribution < 1.29 is 4.79 Å². The van der Waals surface area contributed by atoms with Crippen molar-refractivity contribution in [2.75, 3.05) is 32.4 Å². The Balaban J connectivity index is 2.25. The van der Waals surface area contributed by atoms with Crippen molar-refractivity contribution in [3.8, 4) is 0 Å². The minimum Gasteiger partial charge on any atom is -0.399 e. The molecule has 104 valence electrons. The highest BCUT2D eigenvalue weighted by Crippen LogP contribution is 2.23. The monoisotopic (exact) mass is 325 g/mol. The number of amides is 1. The van der Waals surface area contributed by atoms with E-state index in [4.69, 9.17) is 5.73 Å². The largest absolute Gasteiger partial charge is 0.399 e. The standard InChI is InChI=1S/C14H20BrN3O/c1-10-9-17(2)6-3-7-18(10)14(19)12-8-11(16)4-5-13(12)15/h4-5,8,10H,3,6-7,9,16H2,1-2H3. The Labute approximate surface area is 122 Å². The van der Waals surface area contributed by atoms with Crippen molar-refractivity contribution in [1.82, 2.24) is 9.80 Å². The van der Waals surface area contributed by atoms with E-state index in [0.717, 1.165) is 30.5 Å². The van der Waals surface area contributed by atoms with Gasteiger partial charge in [-0.2, -0.15) is 0 Å². The van der Waals surface area contributed by atoms with Crippen LogP contribution in [0.1, 0.15) is 23.7 Å². The Morgan fingerprint density at radius 1 is 1.42 bits per heavy atom. The predicted octanol–water partition coefficient (Wildman–Crippen LogP) is 2.20. The molecule has 0 saturated carbocycles. The van der Waals surface area contributed by atoms with Crippen molar-refractivity contribution in [3.05, 3.63) is 28.2 Å². The first-order valence-electron chi connectivity index (χ1n) is 6.53. The van der Waals surface area contributed by atoms with Crippen LogP contribution in [-0.2, 0) is 0 Å². The van der Waals surface area contributed by atoms with E-state index < -0.39 is 0 Å². The van der Waals surface area contributed by atoms with E-state index in [1.54, 1.807) is 12.1 Å². The van der Waals surface area contributed by atoms with E-state index in [1.807, 2.05) is 11.0 Å². The van der Waals surface area contributed by atoms with Gasteiger partial charge in [-0.05, 0) is 61.1 Å². The number of hydrogen-bond acceptors (Lipinski definition) is 3. The third-order valence-corrected chi connectivity index (χ3v) is 4.22. The molecule has 1 fully saturated rings. The van der Waals surface area contributed by atoms with Crippen LogP contribution in [0.5, 0.6) is 0 Å². The average Bonchev–Trinajstić information content (AvgIpc) is 2.52. The highest BCUT2D eigenvalue weighted by molar-refractivity contribution is 9.10.